The monoisotopic (exact) mass is 225 g/mol. The fourth-order valence-electron chi connectivity index (χ4n) is 1.61. The Balaban J connectivity index is 2.53. The number of nitrogens with one attached hydrogen (secondary N) is 2. The molecule has 0 bridgehead atoms. The van der Waals surface area contributed by atoms with E-state index < -0.39 is 0 Å². The van der Waals surface area contributed by atoms with Crippen LogP contribution in [0.4, 0.5) is 11.4 Å². The molecule has 15 heavy (non-hydrogen) atoms. The summed E-state index contributed by atoms with van der Waals surface area (Å²) in [4.78, 5) is 11.8. The first-order chi connectivity index (χ1) is 7.08. The van der Waals surface area contributed by atoms with Crippen molar-refractivity contribution >= 4 is 28.9 Å². The zero-order valence-corrected chi connectivity index (χ0v) is 9.06. The van der Waals surface area contributed by atoms with E-state index in [-0.39, 0.29) is 11.9 Å². The van der Waals surface area contributed by atoms with Gasteiger partial charge in [-0.15, -0.1) is 0 Å². The van der Waals surface area contributed by atoms with Crippen molar-refractivity contribution < 1.29 is 4.79 Å². The minimum Gasteiger partial charge on any atom is -0.397 e. The summed E-state index contributed by atoms with van der Waals surface area (Å²) < 4.78 is 0. The Labute approximate surface area is 92.8 Å². The molecule has 0 aromatic heterocycles. The molecule has 0 fully saturated rings. The smallest absolute Gasteiger partial charge is 0.253 e. The molecule has 0 spiro atoms. The number of hydrogen-bond donors (Lipinski definition) is 3. The van der Waals surface area contributed by atoms with Gasteiger partial charge in [-0.25, -0.2) is 0 Å². The van der Waals surface area contributed by atoms with Gasteiger partial charge in [0.2, 0.25) is 0 Å². The molecule has 0 aliphatic carbocycles. The van der Waals surface area contributed by atoms with E-state index in [1.807, 2.05) is 6.92 Å². The van der Waals surface area contributed by atoms with Crippen LogP contribution in [-0.2, 0) is 0 Å². The average Bonchev–Trinajstić information content (AvgIpc) is 2.27. The Morgan fingerprint density at radius 2 is 2.27 bits per heavy atom. The topological polar surface area (TPSA) is 67.1 Å². The third-order valence-electron chi connectivity index (χ3n) is 2.34. The van der Waals surface area contributed by atoms with Gasteiger partial charge in [0.05, 0.1) is 16.9 Å². The lowest BCUT2D eigenvalue weighted by atomic mass is 10.1. The van der Waals surface area contributed by atoms with Gasteiger partial charge < -0.3 is 16.4 Å². The zero-order valence-electron chi connectivity index (χ0n) is 8.30. The van der Waals surface area contributed by atoms with Gasteiger partial charge in [-0.2, -0.15) is 0 Å². The molecule has 1 aromatic rings. The molecule has 1 amide bonds. The van der Waals surface area contributed by atoms with Crippen molar-refractivity contribution in [2.24, 2.45) is 0 Å². The number of fused-ring (bicyclic) bond motifs is 1. The van der Waals surface area contributed by atoms with E-state index in [2.05, 4.69) is 10.6 Å². The van der Waals surface area contributed by atoms with E-state index in [0.29, 0.717) is 28.5 Å². The van der Waals surface area contributed by atoms with Gasteiger partial charge in [0.1, 0.15) is 0 Å². The first-order valence-corrected chi connectivity index (χ1v) is 5.09. The molecular weight excluding hydrogens is 214 g/mol. The molecule has 1 aromatic carbocycles. The van der Waals surface area contributed by atoms with Gasteiger partial charge in [-0.3, -0.25) is 4.79 Å². The van der Waals surface area contributed by atoms with E-state index in [0.717, 1.165) is 0 Å². The van der Waals surface area contributed by atoms with Crippen LogP contribution in [0.15, 0.2) is 12.1 Å². The number of hydrogen-bond acceptors (Lipinski definition) is 3. The predicted molar refractivity (Wildman–Crippen MR) is 61.3 cm³/mol. The van der Waals surface area contributed by atoms with E-state index in [9.17, 15) is 4.79 Å². The number of halogens is 1. The molecule has 1 aliphatic rings. The molecular formula is C10H12ClN3O. The highest BCUT2D eigenvalue weighted by Crippen LogP contribution is 2.29. The Kier molecular flexibility index (Phi) is 2.44. The number of nitrogens with two attached hydrogens (primary N) is 1. The van der Waals surface area contributed by atoms with Crippen LogP contribution in [0.25, 0.3) is 0 Å². The van der Waals surface area contributed by atoms with Gasteiger partial charge in [-0.05, 0) is 19.1 Å². The Morgan fingerprint density at radius 3 is 3.00 bits per heavy atom. The summed E-state index contributed by atoms with van der Waals surface area (Å²) in [7, 11) is 0. The van der Waals surface area contributed by atoms with Crippen LogP contribution in [0.5, 0.6) is 0 Å². The van der Waals surface area contributed by atoms with Crippen LogP contribution in [-0.4, -0.2) is 18.5 Å². The lowest BCUT2D eigenvalue weighted by Crippen LogP contribution is -2.34. The van der Waals surface area contributed by atoms with Crippen molar-refractivity contribution in [1.29, 1.82) is 0 Å². The summed E-state index contributed by atoms with van der Waals surface area (Å²) in [5.41, 5.74) is 7.47. The third-order valence-corrected chi connectivity index (χ3v) is 2.56. The summed E-state index contributed by atoms with van der Waals surface area (Å²) >= 11 is 5.85. The molecule has 4 N–H and O–H groups in total. The second-order valence-electron chi connectivity index (χ2n) is 3.67. The second kappa shape index (κ2) is 3.62. The standard InChI is InChI=1S/C10H12ClN3O/c1-5-4-13-9-7(10(15)14-5)2-6(11)3-8(9)12/h2-3,5,13H,4,12H2,1H3,(H,14,15). The number of carbonyl (C=O) groups excluding carboxylic acids is 1. The van der Waals surface area contributed by atoms with Crippen molar-refractivity contribution in [1.82, 2.24) is 5.32 Å². The first kappa shape index (κ1) is 10.1. The fourth-order valence-corrected chi connectivity index (χ4v) is 1.84. The number of nitrogen functional groups attached to an aromatic ring is 1. The van der Waals surface area contributed by atoms with Crippen LogP contribution < -0.4 is 16.4 Å². The number of benzene rings is 1. The van der Waals surface area contributed by atoms with Crippen molar-refractivity contribution in [3.63, 3.8) is 0 Å². The van der Waals surface area contributed by atoms with Gasteiger partial charge in [0.25, 0.3) is 5.91 Å². The lowest BCUT2D eigenvalue weighted by Gasteiger charge is -2.10. The van der Waals surface area contributed by atoms with Gasteiger partial charge in [-0.1, -0.05) is 11.6 Å². The summed E-state index contributed by atoms with van der Waals surface area (Å²) in [6.45, 7) is 2.58. The zero-order chi connectivity index (χ0) is 11.0. The average molecular weight is 226 g/mol. The number of carbonyl (C=O) groups is 1. The first-order valence-electron chi connectivity index (χ1n) is 4.71. The van der Waals surface area contributed by atoms with E-state index in [1.165, 1.54) is 0 Å². The highest BCUT2D eigenvalue weighted by molar-refractivity contribution is 6.31. The minimum atomic E-state index is -0.142. The molecule has 1 heterocycles. The minimum absolute atomic E-state index is 0.0723. The molecule has 1 aliphatic heterocycles. The Hall–Kier alpha value is -1.42. The van der Waals surface area contributed by atoms with Crippen LogP contribution in [0.1, 0.15) is 17.3 Å². The fraction of sp³-hybridized carbons (Fsp3) is 0.300. The largest absolute Gasteiger partial charge is 0.397 e. The number of rotatable bonds is 0. The summed E-state index contributed by atoms with van der Waals surface area (Å²) in [5.74, 6) is -0.142. The summed E-state index contributed by atoms with van der Waals surface area (Å²) in [5, 5.41) is 6.44. The molecule has 0 saturated heterocycles. The molecule has 0 radical (unpaired) electrons. The van der Waals surface area contributed by atoms with Crippen molar-refractivity contribution in [2.75, 3.05) is 17.6 Å². The molecule has 2 rings (SSSR count). The van der Waals surface area contributed by atoms with Gasteiger partial charge in [0.15, 0.2) is 0 Å². The highest BCUT2D eigenvalue weighted by Gasteiger charge is 2.20. The normalized spacial score (nSPS) is 19.9. The lowest BCUT2D eigenvalue weighted by molar-refractivity contribution is 0.0945. The van der Waals surface area contributed by atoms with E-state index in [1.54, 1.807) is 12.1 Å². The van der Waals surface area contributed by atoms with E-state index >= 15 is 0 Å². The van der Waals surface area contributed by atoms with Crippen LogP contribution in [0.2, 0.25) is 5.02 Å². The molecule has 0 saturated carbocycles. The van der Waals surface area contributed by atoms with Crippen LogP contribution in [0.3, 0.4) is 0 Å². The second-order valence-corrected chi connectivity index (χ2v) is 4.11. The maximum absolute atomic E-state index is 11.8. The van der Waals surface area contributed by atoms with E-state index in [4.69, 9.17) is 17.3 Å². The molecule has 80 valence electrons. The van der Waals surface area contributed by atoms with Crippen molar-refractivity contribution in [3.8, 4) is 0 Å². The maximum Gasteiger partial charge on any atom is 0.253 e. The molecule has 4 nitrogen and oxygen atoms in total. The number of amides is 1. The van der Waals surface area contributed by atoms with Crippen LogP contribution in [0, 0.1) is 0 Å². The van der Waals surface area contributed by atoms with Crippen LogP contribution >= 0.6 is 11.6 Å². The quantitative estimate of drug-likeness (QED) is 0.586. The maximum atomic E-state index is 11.8. The van der Waals surface area contributed by atoms with Gasteiger partial charge >= 0.3 is 0 Å². The summed E-state index contributed by atoms with van der Waals surface area (Å²) in [6.07, 6.45) is 0. The number of anilines is 2. The Bertz CT molecular complexity index is 419. The SMILES string of the molecule is CC1CNc2c(N)cc(Cl)cc2C(=O)N1. The van der Waals surface area contributed by atoms with Crippen molar-refractivity contribution in [3.05, 3.63) is 22.7 Å². The Morgan fingerprint density at radius 1 is 1.53 bits per heavy atom. The third kappa shape index (κ3) is 1.85. The van der Waals surface area contributed by atoms with Crippen molar-refractivity contribution in [2.45, 2.75) is 13.0 Å². The molecule has 5 heteroatoms. The highest BCUT2D eigenvalue weighted by atomic mass is 35.5. The summed E-state index contributed by atoms with van der Waals surface area (Å²) in [6, 6.07) is 3.33. The molecule has 1 unspecified atom stereocenters. The molecule has 1 atom stereocenters. The van der Waals surface area contributed by atoms with Gasteiger partial charge in [0, 0.05) is 17.6 Å². The predicted octanol–water partition coefficient (Wildman–Crippen LogP) is 1.47.